The minimum Gasteiger partial charge on any atom is -0.392 e. The van der Waals surface area contributed by atoms with Crippen LogP contribution in [0.15, 0.2) is 54.6 Å². The van der Waals surface area contributed by atoms with Crippen LogP contribution in [0.1, 0.15) is 5.56 Å². The number of aliphatic hydroxyl groups excluding tert-OH is 1. The van der Waals surface area contributed by atoms with Gasteiger partial charge >= 0.3 is 0 Å². The molecule has 15 heavy (non-hydrogen) atoms. The zero-order valence-electron chi connectivity index (χ0n) is 8.35. The first-order valence-corrected chi connectivity index (χ1v) is 4.66. The van der Waals surface area contributed by atoms with E-state index in [0.29, 0.717) is 0 Å². The van der Waals surface area contributed by atoms with Crippen LogP contribution >= 0.6 is 13.5 Å². The van der Waals surface area contributed by atoms with Crippen molar-refractivity contribution in [2.75, 3.05) is 0 Å². The van der Waals surface area contributed by atoms with Crippen LogP contribution in [0.5, 0.6) is 0 Å². The van der Waals surface area contributed by atoms with Crippen LogP contribution in [0.3, 0.4) is 0 Å². The molecule has 2 aromatic rings. The van der Waals surface area contributed by atoms with Crippen molar-refractivity contribution in [1.29, 1.82) is 0 Å². The summed E-state index contributed by atoms with van der Waals surface area (Å²) in [6.45, 7) is 0.0884. The Hall–Kier alpha value is -1.25. The fourth-order valence-electron chi connectivity index (χ4n) is 1.56. The molecular weight excluding hydrogens is 204 g/mol. The van der Waals surface area contributed by atoms with Crippen LogP contribution in [-0.4, -0.2) is 5.11 Å². The van der Waals surface area contributed by atoms with Gasteiger partial charge in [0, 0.05) is 0 Å². The Labute approximate surface area is 96.8 Å². The molecule has 0 fully saturated rings. The van der Waals surface area contributed by atoms with Gasteiger partial charge in [-0.2, -0.15) is 13.5 Å². The van der Waals surface area contributed by atoms with E-state index in [-0.39, 0.29) is 20.1 Å². The molecule has 0 saturated heterocycles. The maximum atomic E-state index is 9.18. The van der Waals surface area contributed by atoms with E-state index in [1.807, 2.05) is 42.5 Å². The van der Waals surface area contributed by atoms with Crippen molar-refractivity contribution in [3.05, 3.63) is 60.2 Å². The summed E-state index contributed by atoms with van der Waals surface area (Å²) < 4.78 is 0. The van der Waals surface area contributed by atoms with Crippen molar-refractivity contribution in [2.24, 2.45) is 0 Å². The highest BCUT2D eigenvalue weighted by molar-refractivity contribution is 7.59. The molecule has 0 heterocycles. The predicted octanol–water partition coefficient (Wildman–Crippen LogP) is 2.96. The zero-order chi connectivity index (χ0) is 9.80. The Balaban J connectivity index is 0.00000112. The molecule has 0 spiro atoms. The summed E-state index contributed by atoms with van der Waals surface area (Å²) in [6.07, 6.45) is 0. The molecule has 0 aromatic heterocycles. The zero-order valence-corrected chi connectivity index (χ0v) is 9.35. The molecule has 2 heteroatoms. The molecule has 0 amide bonds. The van der Waals surface area contributed by atoms with Gasteiger partial charge in [0.1, 0.15) is 0 Å². The SMILES string of the molecule is OCc1ccccc1-c1ccccc1.S. The number of rotatable bonds is 2. The molecule has 1 nitrogen and oxygen atoms in total. The maximum Gasteiger partial charge on any atom is 0.0687 e. The molecule has 0 aliphatic heterocycles. The molecule has 78 valence electrons. The average molecular weight is 218 g/mol. The van der Waals surface area contributed by atoms with Gasteiger partial charge in [-0.1, -0.05) is 54.6 Å². The van der Waals surface area contributed by atoms with Crippen LogP contribution in [0.4, 0.5) is 0 Å². The van der Waals surface area contributed by atoms with Gasteiger partial charge in [-0.3, -0.25) is 0 Å². The number of benzene rings is 2. The fraction of sp³-hybridized carbons (Fsp3) is 0.0769. The number of hydrogen-bond acceptors (Lipinski definition) is 1. The Bertz CT molecular complexity index is 412. The molecule has 2 rings (SSSR count). The topological polar surface area (TPSA) is 20.2 Å². The van der Waals surface area contributed by atoms with E-state index in [0.717, 1.165) is 16.7 Å². The summed E-state index contributed by atoms with van der Waals surface area (Å²) >= 11 is 0. The van der Waals surface area contributed by atoms with E-state index in [1.54, 1.807) is 0 Å². The maximum absolute atomic E-state index is 9.18. The van der Waals surface area contributed by atoms with Gasteiger partial charge in [0.05, 0.1) is 6.61 Å². The molecule has 0 unspecified atom stereocenters. The van der Waals surface area contributed by atoms with Crippen LogP contribution in [0.25, 0.3) is 11.1 Å². The molecule has 0 radical (unpaired) electrons. The lowest BCUT2D eigenvalue weighted by atomic mass is 10.0. The van der Waals surface area contributed by atoms with Crippen LogP contribution in [0.2, 0.25) is 0 Å². The number of aliphatic hydroxyl groups is 1. The molecular formula is C13H14OS. The Morgan fingerprint density at radius 3 is 2.07 bits per heavy atom. The van der Waals surface area contributed by atoms with Gasteiger partial charge in [-0.05, 0) is 16.7 Å². The Kier molecular flexibility index (Phi) is 4.40. The second kappa shape index (κ2) is 5.59. The second-order valence-corrected chi connectivity index (χ2v) is 3.18. The van der Waals surface area contributed by atoms with Crippen molar-refractivity contribution in [3.63, 3.8) is 0 Å². The van der Waals surface area contributed by atoms with Crippen molar-refractivity contribution < 1.29 is 5.11 Å². The molecule has 0 bridgehead atoms. The van der Waals surface area contributed by atoms with E-state index in [9.17, 15) is 5.11 Å². The highest BCUT2D eigenvalue weighted by Gasteiger charge is 2.01. The average Bonchev–Trinajstić information content (AvgIpc) is 2.30. The monoisotopic (exact) mass is 218 g/mol. The highest BCUT2D eigenvalue weighted by Crippen LogP contribution is 2.22. The standard InChI is InChI=1S/C13H12O.H2S/c14-10-12-8-4-5-9-13(12)11-6-2-1-3-7-11;/h1-9,14H,10H2;1H2. The second-order valence-electron chi connectivity index (χ2n) is 3.18. The fourth-order valence-corrected chi connectivity index (χ4v) is 1.56. The van der Waals surface area contributed by atoms with Crippen molar-refractivity contribution in [3.8, 4) is 11.1 Å². The third kappa shape index (κ3) is 2.61. The summed E-state index contributed by atoms with van der Waals surface area (Å²) in [6, 6.07) is 18.0. The smallest absolute Gasteiger partial charge is 0.0687 e. The molecule has 0 atom stereocenters. The number of hydrogen-bond donors (Lipinski definition) is 1. The van der Waals surface area contributed by atoms with E-state index in [4.69, 9.17) is 0 Å². The van der Waals surface area contributed by atoms with Crippen molar-refractivity contribution in [1.82, 2.24) is 0 Å². The van der Waals surface area contributed by atoms with Crippen LogP contribution < -0.4 is 0 Å². The van der Waals surface area contributed by atoms with Gasteiger partial charge in [0.15, 0.2) is 0 Å². The summed E-state index contributed by atoms with van der Waals surface area (Å²) in [5.41, 5.74) is 3.23. The lowest BCUT2D eigenvalue weighted by Crippen LogP contribution is -1.87. The van der Waals surface area contributed by atoms with E-state index < -0.39 is 0 Å². The first-order chi connectivity index (χ1) is 6.92. The highest BCUT2D eigenvalue weighted by atomic mass is 32.1. The van der Waals surface area contributed by atoms with E-state index >= 15 is 0 Å². The molecule has 2 aromatic carbocycles. The molecule has 1 N–H and O–H groups in total. The van der Waals surface area contributed by atoms with Crippen LogP contribution in [-0.2, 0) is 6.61 Å². The van der Waals surface area contributed by atoms with Gasteiger partial charge in [0.25, 0.3) is 0 Å². The summed E-state index contributed by atoms with van der Waals surface area (Å²) in [5, 5.41) is 9.18. The van der Waals surface area contributed by atoms with Gasteiger partial charge in [-0.15, -0.1) is 0 Å². The minimum absolute atomic E-state index is 0. The molecule has 0 saturated carbocycles. The Morgan fingerprint density at radius 1 is 0.800 bits per heavy atom. The first kappa shape index (κ1) is 11.8. The molecule has 0 aliphatic rings. The largest absolute Gasteiger partial charge is 0.392 e. The third-order valence-corrected chi connectivity index (χ3v) is 2.27. The minimum atomic E-state index is 0. The lowest BCUT2D eigenvalue weighted by Gasteiger charge is -2.06. The third-order valence-electron chi connectivity index (χ3n) is 2.27. The lowest BCUT2D eigenvalue weighted by molar-refractivity contribution is 0.282. The normalized spacial score (nSPS) is 9.40. The van der Waals surface area contributed by atoms with E-state index in [1.165, 1.54) is 0 Å². The first-order valence-electron chi connectivity index (χ1n) is 4.66. The van der Waals surface area contributed by atoms with Crippen LogP contribution in [0, 0.1) is 0 Å². The van der Waals surface area contributed by atoms with E-state index in [2.05, 4.69) is 12.1 Å². The summed E-state index contributed by atoms with van der Waals surface area (Å²) in [7, 11) is 0. The van der Waals surface area contributed by atoms with Crippen molar-refractivity contribution in [2.45, 2.75) is 6.61 Å². The van der Waals surface area contributed by atoms with Gasteiger partial charge in [0.2, 0.25) is 0 Å². The molecule has 0 aliphatic carbocycles. The van der Waals surface area contributed by atoms with Gasteiger partial charge in [-0.25, -0.2) is 0 Å². The quantitative estimate of drug-likeness (QED) is 0.821. The van der Waals surface area contributed by atoms with Crippen molar-refractivity contribution >= 4 is 13.5 Å². The Morgan fingerprint density at radius 2 is 1.40 bits per heavy atom. The van der Waals surface area contributed by atoms with Gasteiger partial charge < -0.3 is 5.11 Å². The summed E-state index contributed by atoms with van der Waals surface area (Å²) in [5.74, 6) is 0. The summed E-state index contributed by atoms with van der Waals surface area (Å²) in [4.78, 5) is 0. The predicted molar refractivity (Wildman–Crippen MR) is 68.2 cm³/mol.